The summed E-state index contributed by atoms with van der Waals surface area (Å²) in [5.41, 5.74) is 3.48. The molecule has 1 atom stereocenters. The number of amides is 2. The Kier molecular flexibility index (Phi) is 8.20. The predicted octanol–water partition coefficient (Wildman–Crippen LogP) is 2.93. The average molecular weight is 424 g/mol. The Morgan fingerprint density at radius 1 is 1.13 bits per heavy atom. The van der Waals surface area contributed by atoms with E-state index < -0.39 is 6.04 Å². The lowest BCUT2D eigenvalue weighted by Gasteiger charge is -2.36. The van der Waals surface area contributed by atoms with Gasteiger partial charge in [-0.1, -0.05) is 54.6 Å². The number of hydrogen-bond donors (Lipinski definition) is 1. The highest BCUT2D eigenvalue weighted by Gasteiger charge is 2.33. The monoisotopic (exact) mass is 423 g/mol. The van der Waals surface area contributed by atoms with Crippen molar-refractivity contribution in [1.29, 1.82) is 0 Å². The first kappa shape index (κ1) is 23.0. The van der Waals surface area contributed by atoms with E-state index in [4.69, 9.17) is 4.74 Å². The van der Waals surface area contributed by atoms with Crippen LogP contribution in [0.4, 0.5) is 0 Å². The normalized spacial score (nSPS) is 16.9. The number of nitrogens with one attached hydrogen (secondary N) is 1. The molecule has 1 heterocycles. The van der Waals surface area contributed by atoms with Crippen LogP contribution in [0.25, 0.3) is 11.1 Å². The Morgan fingerprint density at radius 3 is 2.45 bits per heavy atom. The molecule has 1 N–H and O–H groups in total. The summed E-state index contributed by atoms with van der Waals surface area (Å²) in [7, 11) is 1.63. The highest BCUT2D eigenvalue weighted by Crippen LogP contribution is 2.21. The number of hydrogen-bond acceptors (Lipinski definition) is 4. The van der Waals surface area contributed by atoms with Gasteiger partial charge in [-0.05, 0) is 30.5 Å². The van der Waals surface area contributed by atoms with E-state index >= 15 is 0 Å². The Labute approximate surface area is 185 Å². The van der Waals surface area contributed by atoms with Gasteiger partial charge in [-0.3, -0.25) is 14.5 Å². The third kappa shape index (κ3) is 6.15. The summed E-state index contributed by atoms with van der Waals surface area (Å²) in [6.45, 7) is 6.95. The Morgan fingerprint density at radius 2 is 1.81 bits per heavy atom. The molecule has 0 unspecified atom stereocenters. The van der Waals surface area contributed by atoms with Crippen molar-refractivity contribution in [2.24, 2.45) is 0 Å². The number of rotatable bonds is 9. The van der Waals surface area contributed by atoms with E-state index in [1.54, 1.807) is 12.0 Å². The zero-order valence-electron chi connectivity index (χ0n) is 18.7. The number of piperazine rings is 1. The van der Waals surface area contributed by atoms with Crippen molar-refractivity contribution in [2.45, 2.75) is 38.9 Å². The van der Waals surface area contributed by atoms with Gasteiger partial charge in [0.1, 0.15) is 0 Å². The molecule has 166 valence electrons. The largest absolute Gasteiger partial charge is 0.383 e. The molecule has 6 nitrogen and oxygen atoms in total. The van der Waals surface area contributed by atoms with E-state index in [1.807, 2.05) is 32.0 Å². The van der Waals surface area contributed by atoms with Crippen molar-refractivity contribution in [1.82, 2.24) is 15.1 Å². The fourth-order valence-corrected chi connectivity index (χ4v) is 3.98. The van der Waals surface area contributed by atoms with Crippen LogP contribution in [0, 0.1) is 0 Å². The predicted molar refractivity (Wildman–Crippen MR) is 122 cm³/mol. The summed E-state index contributed by atoms with van der Waals surface area (Å²) in [6, 6.07) is 18.3. The van der Waals surface area contributed by atoms with Crippen molar-refractivity contribution >= 4 is 11.8 Å². The number of methoxy groups -OCH3 is 1. The van der Waals surface area contributed by atoms with Crippen LogP contribution >= 0.6 is 0 Å². The minimum atomic E-state index is -0.459. The fourth-order valence-electron chi connectivity index (χ4n) is 3.98. The van der Waals surface area contributed by atoms with Gasteiger partial charge in [-0.25, -0.2) is 0 Å². The van der Waals surface area contributed by atoms with Crippen molar-refractivity contribution < 1.29 is 14.3 Å². The molecule has 31 heavy (non-hydrogen) atoms. The van der Waals surface area contributed by atoms with E-state index in [1.165, 1.54) is 5.56 Å². The molecule has 0 spiro atoms. The highest BCUT2D eigenvalue weighted by molar-refractivity contribution is 5.89. The zero-order chi connectivity index (χ0) is 22.2. The van der Waals surface area contributed by atoms with Crippen LogP contribution in [0.1, 0.15) is 25.8 Å². The third-order valence-corrected chi connectivity index (χ3v) is 5.74. The van der Waals surface area contributed by atoms with Crippen molar-refractivity contribution in [3.63, 3.8) is 0 Å². The van der Waals surface area contributed by atoms with Crippen LogP contribution in [0.5, 0.6) is 0 Å². The van der Waals surface area contributed by atoms with Crippen molar-refractivity contribution in [2.75, 3.05) is 33.4 Å². The van der Waals surface area contributed by atoms with Crippen LogP contribution < -0.4 is 5.32 Å². The molecule has 0 aliphatic carbocycles. The second kappa shape index (κ2) is 11.1. The van der Waals surface area contributed by atoms with Crippen LogP contribution in [-0.2, 0) is 20.9 Å². The van der Waals surface area contributed by atoms with Crippen LogP contribution in [0.15, 0.2) is 54.6 Å². The second-order valence-electron chi connectivity index (χ2n) is 8.22. The van der Waals surface area contributed by atoms with Gasteiger partial charge in [-0.2, -0.15) is 0 Å². The standard InChI is InChI=1S/C25H33N3O3/c1-19(2)28(15-16-31-3)24(29)17-23-25(30)26-13-14-27(23)18-20-9-11-22(12-10-20)21-7-5-4-6-8-21/h4-12,19,23H,13-18H2,1-3H3,(H,26,30)/t23-/m0/s1. The van der Waals surface area contributed by atoms with Gasteiger partial charge in [0.2, 0.25) is 11.8 Å². The van der Waals surface area contributed by atoms with E-state index in [9.17, 15) is 9.59 Å². The van der Waals surface area contributed by atoms with Gasteiger partial charge >= 0.3 is 0 Å². The molecule has 2 aromatic rings. The van der Waals surface area contributed by atoms with Gasteiger partial charge in [-0.15, -0.1) is 0 Å². The SMILES string of the molecule is COCCN(C(=O)C[C@H]1C(=O)NCCN1Cc1ccc(-c2ccccc2)cc1)C(C)C. The number of carbonyl (C=O) groups is 2. The maximum atomic E-state index is 13.0. The smallest absolute Gasteiger partial charge is 0.237 e. The van der Waals surface area contributed by atoms with Crippen LogP contribution in [0.2, 0.25) is 0 Å². The second-order valence-corrected chi connectivity index (χ2v) is 8.22. The van der Waals surface area contributed by atoms with Gasteiger partial charge in [0, 0.05) is 39.3 Å². The molecule has 0 radical (unpaired) electrons. The number of nitrogens with zero attached hydrogens (tertiary/aromatic N) is 2. The molecule has 6 heteroatoms. The number of benzene rings is 2. The summed E-state index contributed by atoms with van der Waals surface area (Å²) >= 11 is 0. The maximum absolute atomic E-state index is 13.0. The average Bonchev–Trinajstić information content (AvgIpc) is 2.77. The molecule has 2 amide bonds. The summed E-state index contributed by atoms with van der Waals surface area (Å²) < 4.78 is 5.14. The van der Waals surface area contributed by atoms with E-state index in [2.05, 4.69) is 46.6 Å². The molecule has 1 saturated heterocycles. The first-order valence-corrected chi connectivity index (χ1v) is 10.9. The summed E-state index contributed by atoms with van der Waals surface area (Å²) in [5, 5.41) is 2.92. The molecule has 1 aliphatic heterocycles. The molecule has 0 saturated carbocycles. The van der Waals surface area contributed by atoms with Gasteiger partial charge in [0.05, 0.1) is 19.1 Å². The lowest BCUT2D eigenvalue weighted by molar-refractivity contribution is -0.140. The Balaban J connectivity index is 1.69. The van der Waals surface area contributed by atoms with E-state index in [-0.39, 0.29) is 24.3 Å². The molecule has 0 bridgehead atoms. The molecule has 3 rings (SSSR count). The van der Waals surface area contributed by atoms with E-state index in [0.717, 1.165) is 17.7 Å². The number of carbonyl (C=O) groups excluding carboxylic acids is 2. The van der Waals surface area contributed by atoms with Gasteiger partial charge in [0.15, 0.2) is 0 Å². The molecular formula is C25H33N3O3. The third-order valence-electron chi connectivity index (χ3n) is 5.74. The quantitative estimate of drug-likeness (QED) is 0.674. The van der Waals surface area contributed by atoms with Crippen molar-refractivity contribution in [3.8, 4) is 11.1 Å². The Hall–Kier alpha value is -2.70. The maximum Gasteiger partial charge on any atom is 0.237 e. The minimum absolute atomic E-state index is 0.0153. The Bertz CT molecular complexity index is 852. The summed E-state index contributed by atoms with van der Waals surface area (Å²) in [5.74, 6) is -0.0884. The van der Waals surface area contributed by atoms with Crippen molar-refractivity contribution in [3.05, 3.63) is 60.2 Å². The lowest BCUT2D eigenvalue weighted by atomic mass is 10.0. The van der Waals surface area contributed by atoms with Crippen LogP contribution in [0.3, 0.4) is 0 Å². The van der Waals surface area contributed by atoms with Gasteiger partial charge < -0.3 is 15.0 Å². The van der Waals surface area contributed by atoms with Crippen LogP contribution in [-0.4, -0.2) is 67.0 Å². The minimum Gasteiger partial charge on any atom is -0.383 e. The lowest BCUT2D eigenvalue weighted by Crippen LogP contribution is -2.56. The fraction of sp³-hybridized carbons (Fsp3) is 0.440. The topological polar surface area (TPSA) is 61.9 Å². The first-order chi connectivity index (χ1) is 15.0. The molecule has 1 fully saturated rings. The van der Waals surface area contributed by atoms with E-state index in [0.29, 0.717) is 26.2 Å². The number of ether oxygens (including phenoxy) is 1. The zero-order valence-corrected chi connectivity index (χ0v) is 18.7. The molecule has 1 aliphatic rings. The molecular weight excluding hydrogens is 390 g/mol. The first-order valence-electron chi connectivity index (χ1n) is 10.9. The summed E-state index contributed by atoms with van der Waals surface area (Å²) in [4.78, 5) is 29.5. The van der Waals surface area contributed by atoms with Gasteiger partial charge in [0.25, 0.3) is 0 Å². The highest BCUT2D eigenvalue weighted by atomic mass is 16.5. The molecule has 0 aromatic heterocycles. The summed E-state index contributed by atoms with van der Waals surface area (Å²) in [6.07, 6.45) is 0.176. The molecule has 2 aromatic carbocycles.